The van der Waals surface area contributed by atoms with Crippen LogP contribution < -0.4 is 0 Å². The highest BCUT2D eigenvalue weighted by molar-refractivity contribution is 6.08. The third kappa shape index (κ3) is 4.84. The van der Waals surface area contributed by atoms with Crippen LogP contribution >= 0.6 is 0 Å². The molecule has 3 heterocycles. The Bertz CT molecular complexity index is 1110. The largest absolute Gasteiger partial charge is 0.338 e. The van der Waals surface area contributed by atoms with E-state index in [1.807, 2.05) is 56.3 Å². The second-order valence-electron chi connectivity index (χ2n) is 10.3. The van der Waals surface area contributed by atoms with Crippen LogP contribution in [0.3, 0.4) is 0 Å². The molecule has 0 bridgehead atoms. The molecule has 2 aromatic rings. The summed E-state index contributed by atoms with van der Waals surface area (Å²) >= 11 is 0. The number of nitrogens with zero attached hydrogens (tertiary/aromatic N) is 5. The van der Waals surface area contributed by atoms with Crippen LogP contribution in [0.1, 0.15) is 39.0 Å². The smallest absolute Gasteiger partial charge is 0.245 e. The molecule has 2 fully saturated rings. The Morgan fingerprint density at radius 2 is 1.64 bits per heavy atom. The molecule has 0 spiro atoms. The second-order valence-corrected chi connectivity index (χ2v) is 10.3. The highest BCUT2D eigenvalue weighted by Gasteiger charge is 2.51. The lowest BCUT2D eigenvalue weighted by atomic mass is 9.85. The van der Waals surface area contributed by atoms with Gasteiger partial charge in [-0.05, 0) is 25.2 Å². The first-order valence-corrected chi connectivity index (χ1v) is 12.8. The molecule has 3 atom stereocenters. The predicted octanol–water partition coefficient (Wildman–Crippen LogP) is 2.75. The first-order valence-electron chi connectivity index (χ1n) is 12.8. The summed E-state index contributed by atoms with van der Waals surface area (Å²) in [6.45, 7) is 6.91. The van der Waals surface area contributed by atoms with Gasteiger partial charge in [0.1, 0.15) is 6.04 Å². The van der Waals surface area contributed by atoms with Crippen molar-refractivity contribution in [2.45, 2.75) is 45.7 Å². The van der Waals surface area contributed by atoms with E-state index in [-0.39, 0.29) is 35.5 Å². The van der Waals surface area contributed by atoms with Gasteiger partial charge < -0.3 is 9.42 Å². The van der Waals surface area contributed by atoms with E-state index in [0.29, 0.717) is 63.7 Å². The van der Waals surface area contributed by atoms with E-state index < -0.39 is 6.04 Å². The van der Waals surface area contributed by atoms with Gasteiger partial charge in [-0.2, -0.15) is 4.98 Å². The van der Waals surface area contributed by atoms with Crippen molar-refractivity contribution in [1.82, 2.24) is 24.8 Å². The molecular weight excluding hydrogens is 458 g/mol. The van der Waals surface area contributed by atoms with Gasteiger partial charge in [-0.1, -0.05) is 61.5 Å². The van der Waals surface area contributed by atoms with Crippen LogP contribution in [0.25, 0.3) is 11.4 Å². The zero-order chi connectivity index (χ0) is 25.2. The van der Waals surface area contributed by atoms with Gasteiger partial charge in [0.2, 0.25) is 29.4 Å². The Morgan fingerprint density at radius 1 is 1.00 bits per heavy atom. The first-order chi connectivity index (χ1) is 17.4. The molecule has 0 radical (unpaired) electrons. The van der Waals surface area contributed by atoms with Gasteiger partial charge in [-0.15, -0.1) is 0 Å². The third-order valence-corrected chi connectivity index (χ3v) is 7.38. The van der Waals surface area contributed by atoms with E-state index in [2.05, 4.69) is 15.0 Å². The average Bonchev–Trinajstić information content (AvgIpc) is 3.46. The zero-order valence-electron chi connectivity index (χ0n) is 20.9. The fraction of sp³-hybridized carbons (Fsp3) is 0.519. The van der Waals surface area contributed by atoms with E-state index in [9.17, 15) is 14.4 Å². The van der Waals surface area contributed by atoms with Crippen molar-refractivity contribution in [2.75, 3.05) is 26.2 Å². The molecule has 0 N–H and O–H groups in total. The molecule has 5 rings (SSSR count). The summed E-state index contributed by atoms with van der Waals surface area (Å²) in [7, 11) is 0. The molecule has 2 aliphatic heterocycles. The summed E-state index contributed by atoms with van der Waals surface area (Å²) in [6, 6.07) is 8.95. The first kappa shape index (κ1) is 24.4. The van der Waals surface area contributed by atoms with E-state index in [0.717, 1.165) is 5.56 Å². The summed E-state index contributed by atoms with van der Waals surface area (Å²) < 4.78 is 5.45. The van der Waals surface area contributed by atoms with Gasteiger partial charge in [0, 0.05) is 31.7 Å². The average molecular weight is 492 g/mol. The van der Waals surface area contributed by atoms with Gasteiger partial charge in [0.25, 0.3) is 0 Å². The van der Waals surface area contributed by atoms with Gasteiger partial charge in [-0.3, -0.25) is 24.2 Å². The van der Waals surface area contributed by atoms with E-state index in [1.54, 1.807) is 4.90 Å². The number of benzene rings is 1. The number of imide groups is 1. The molecule has 9 heteroatoms. The Morgan fingerprint density at radius 3 is 2.25 bits per heavy atom. The van der Waals surface area contributed by atoms with Crippen molar-refractivity contribution in [3.63, 3.8) is 0 Å². The van der Waals surface area contributed by atoms with Crippen LogP contribution in [0.15, 0.2) is 47.0 Å². The van der Waals surface area contributed by atoms with Crippen molar-refractivity contribution in [1.29, 1.82) is 0 Å². The molecule has 0 saturated carbocycles. The molecular formula is C27H33N5O4. The molecule has 9 nitrogen and oxygen atoms in total. The number of allylic oxidation sites excluding steroid dienone is 2. The van der Waals surface area contributed by atoms with Crippen molar-refractivity contribution >= 4 is 17.7 Å². The van der Waals surface area contributed by atoms with Crippen LogP contribution in [0.5, 0.6) is 0 Å². The molecule has 1 aromatic carbocycles. The normalized spacial score (nSPS) is 23.4. The van der Waals surface area contributed by atoms with Crippen molar-refractivity contribution < 1.29 is 18.9 Å². The van der Waals surface area contributed by atoms with Gasteiger partial charge >= 0.3 is 0 Å². The number of rotatable bonds is 7. The third-order valence-electron chi connectivity index (χ3n) is 7.38. The Balaban J connectivity index is 1.22. The van der Waals surface area contributed by atoms with E-state index in [4.69, 9.17) is 4.52 Å². The SMILES string of the molecule is CC(C)CC(C(=O)N1CCN(Cc2nc(-c3ccccc3)no2)CC1)N1C(=O)C2CC=CCC2C1=O. The number of amides is 3. The van der Waals surface area contributed by atoms with E-state index >= 15 is 0 Å². The Hall–Kier alpha value is -3.33. The van der Waals surface area contributed by atoms with Gasteiger partial charge in [-0.25, -0.2) is 0 Å². The molecule has 190 valence electrons. The Kier molecular flexibility index (Phi) is 7.00. The van der Waals surface area contributed by atoms with Gasteiger partial charge in [0.15, 0.2) is 0 Å². The summed E-state index contributed by atoms with van der Waals surface area (Å²) in [5.74, 6) is 0.144. The summed E-state index contributed by atoms with van der Waals surface area (Å²) in [4.78, 5) is 49.8. The number of fused-ring (bicyclic) bond motifs is 1. The number of piperazine rings is 1. The second kappa shape index (κ2) is 10.3. The number of likely N-dealkylation sites (tertiary alicyclic amines) is 1. The van der Waals surface area contributed by atoms with Crippen molar-refractivity contribution in [3.8, 4) is 11.4 Å². The number of carbonyl (C=O) groups excluding carboxylic acids is 3. The molecule has 3 aliphatic rings. The highest BCUT2D eigenvalue weighted by Crippen LogP contribution is 2.37. The fourth-order valence-corrected chi connectivity index (χ4v) is 5.45. The summed E-state index contributed by atoms with van der Waals surface area (Å²) in [6.07, 6.45) is 5.58. The standard InChI is InChI=1S/C27H33N5O4/c1-18(2)16-22(32-25(33)20-10-6-7-11-21(20)26(32)34)27(35)31-14-12-30(13-15-31)17-23-28-24(29-36-23)19-8-4-3-5-9-19/h3-9,18,20-22H,10-17H2,1-2H3. The minimum atomic E-state index is -0.730. The predicted molar refractivity (Wildman–Crippen MR) is 132 cm³/mol. The van der Waals surface area contributed by atoms with Crippen LogP contribution in [-0.4, -0.2) is 74.8 Å². The van der Waals surface area contributed by atoms with Crippen LogP contribution in [-0.2, 0) is 20.9 Å². The number of aromatic nitrogens is 2. The molecule has 1 aromatic heterocycles. The van der Waals surface area contributed by atoms with Gasteiger partial charge in [0.05, 0.1) is 18.4 Å². The quantitative estimate of drug-likeness (QED) is 0.434. The van der Waals surface area contributed by atoms with Crippen molar-refractivity contribution in [3.05, 3.63) is 48.4 Å². The minimum absolute atomic E-state index is 0.124. The Labute approximate surface area is 211 Å². The monoisotopic (exact) mass is 491 g/mol. The maximum atomic E-state index is 13.6. The molecule has 3 amide bonds. The lowest BCUT2D eigenvalue weighted by Gasteiger charge is -2.38. The summed E-state index contributed by atoms with van der Waals surface area (Å²) in [5.41, 5.74) is 0.903. The number of carbonyl (C=O) groups is 3. The highest BCUT2D eigenvalue weighted by atomic mass is 16.5. The maximum absolute atomic E-state index is 13.6. The van der Waals surface area contributed by atoms with Crippen LogP contribution in [0, 0.1) is 17.8 Å². The lowest BCUT2D eigenvalue weighted by Crippen LogP contribution is -2.56. The zero-order valence-corrected chi connectivity index (χ0v) is 20.9. The fourth-order valence-electron chi connectivity index (χ4n) is 5.45. The molecule has 3 unspecified atom stereocenters. The van der Waals surface area contributed by atoms with Crippen LogP contribution in [0.2, 0.25) is 0 Å². The molecule has 2 saturated heterocycles. The minimum Gasteiger partial charge on any atom is -0.338 e. The van der Waals surface area contributed by atoms with E-state index in [1.165, 1.54) is 4.90 Å². The summed E-state index contributed by atoms with van der Waals surface area (Å²) in [5, 5.41) is 4.08. The molecule has 36 heavy (non-hydrogen) atoms. The lowest BCUT2D eigenvalue weighted by molar-refractivity contribution is -0.153. The molecule has 1 aliphatic carbocycles. The topological polar surface area (TPSA) is 99.8 Å². The number of hydrogen-bond donors (Lipinski definition) is 0. The number of hydrogen-bond acceptors (Lipinski definition) is 7. The maximum Gasteiger partial charge on any atom is 0.245 e. The van der Waals surface area contributed by atoms with Crippen LogP contribution in [0.4, 0.5) is 0 Å². The van der Waals surface area contributed by atoms with Crippen molar-refractivity contribution in [2.24, 2.45) is 17.8 Å².